The molecule has 0 aliphatic heterocycles. The summed E-state index contributed by atoms with van der Waals surface area (Å²) >= 11 is 13.9. The average molecular weight is 308 g/mol. The molecular weight excluding hydrogens is 305 g/mol. The van der Waals surface area contributed by atoms with Gasteiger partial charge in [-0.25, -0.2) is 4.98 Å². The molecule has 0 aliphatic rings. The fraction of sp³-hybridized carbons (Fsp3) is 0. The zero-order chi connectivity index (χ0) is 12.4. The molecule has 0 saturated heterocycles. The molecular formula is C8H3Cl2N3O2S2. The van der Waals surface area contributed by atoms with Gasteiger partial charge >= 0.3 is 5.82 Å². The van der Waals surface area contributed by atoms with Crippen molar-refractivity contribution in [2.45, 2.75) is 9.24 Å². The largest absolute Gasteiger partial charge is 0.388 e. The van der Waals surface area contributed by atoms with Gasteiger partial charge in [0.2, 0.25) is 0 Å². The normalized spacial score (nSPS) is 10.5. The van der Waals surface area contributed by atoms with E-state index < -0.39 is 4.92 Å². The van der Waals surface area contributed by atoms with Gasteiger partial charge in [-0.2, -0.15) is 0 Å². The van der Waals surface area contributed by atoms with E-state index in [4.69, 9.17) is 23.2 Å². The van der Waals surface area contributed by atoms with Gasteiger partial charge in [-0.1, -0.05) is 34.5 Å². The summed E-state index contributed by atoms with van der Waals surface area (Å²) in [5.41, 5.74) is 1.41. The van der Waals surface area contributed by atoms with Crippen LogP contribution in [0.4, 0.5) is 5.82 Å². The zero-order valence-electron chi connectivity index (χ0n) is 7.96. The third-order valence-electron chi connectivity index (χ3n) is 1.65. The molecule has 2 aromatic rings. The second kappa shape index (κ2) is 5.18. The molecule has 2 aromatic heterocycles. The Bertz CT molecular complexity index is 576. The lowest BCUT2D eigenvalue weighted by atomic mass is 10.5. The van der Waals surface area contributed by atoms with Gasteiger partial charge in [0.05, 0.1) is 10.0 Å². The van der Waals surface area contributed by atoms with E-state index in [9.17, 15) is 10.1 Å². The molecule has 0 N–H and O–H groups in total. The summed E-state index contributed by atoms with van der Waals surface area (Å²) in [7, 11) is 0. The van der Waals surface area contributed by atoms with E-state index in [-0.39, 0.29) is 5.82 Å². The lowest BCUT2D eigenvalue weighted by Crippen LogP contribution is -1.89. The van der Waals surface area contributed by atoms with Crippen LogP contribution in [0.1, 0.15) is 0 Å². The first-order valence-corrected chi connectivity index (χ1v) is 6.60. The Morgan fingerprint density at radius 3 is 2.82 bits per heavy atom. The molecule has 0 radical (unpaired) electrons. The lowest BCUT2D eigenvalue weighted by molar-refractivity contribution is -0.391. The molecule has 0 aliphatic carbocycles. The van der Waals surface area contributed by atoms with Gasteiger partial charge < -0.3 is 10.1 Å². The van der Waals surface area contributed by atoms with Crippen molar-refractivity contribution >= 4 is 52.1 Å². The van der Waals surface area contributed by atoms with Gasteiger partial charge in [0.15, 0.2) is 9.72 Å². The SMILES string of the molecule is O=[N+]([O-])c1ncsc1Sc1ncc(Cl)cc1Cl. The van der Waals surface area contributed by atoms with Gasteiger partial charge in [0.1, 0.15) is 5.03 Å². The third-order valence-corrected chi connectivity index (χ3v) is 4.29. The second-order valence-electron chi connectivity index (χ2n) is 2.76. The van der Waals surface area contributed by atoms with Crippen LogP contribution >= 0.6 is 46.3 Å². The van der Waals surface area contributed by atoms with Crippen molar-refractivity contribution in [1.29, 1.82) is 0 Å². The number of pyridine rings is 1. The van der Waals surface area contributed by atoms with Crippen molar-refractivity contribution in [2.24, 2.45) is 0 Å². The number of aromatic nitrogens is 2. The first kappa shape index (κ1) is 12.6. The van der Waals surface area contributed by atoms with Crippen LogP contribution in [-0.2, 0) is 0 Å². The van der Waals surface area contributed by atoms with E-state index in [2.05, 4.69) is 9.97 Å². The molecule has 0 unspecified atom stereocenters. The summed E-state index contributed by atoms with van der Waals surface area (Å²) in [4.78, 5) is 17.8. The average Bonchev–Trinajstić information content (AvgIpc) is 2.70. The van der Waals surface area contributed by atoms with Crippen LogP contribution in [0.3, 0.4) is 0 Å². The highest BCUT2D eigenvalue weighted by atomic mass is 35.5. The molecule has 0 fully saturated rings. The van der Waals surface area contributed by atoms with Crippen LogP contribution in [0.25, 0.3) is 0 Å². The minimum Gasteiger partial charge on any atom is -0.358 e. The number of halogens is 2. The minimum absolute atomic E-state index is 0.187. The molecule has 2 rings (SSSR count). The zero-order valence-corrected chi connectivity index (χ0v) is 11.1. The predicted octanol–water partition coefficient (Wildman–Crippen LogP) is 3.90. The number of hydrogen-bond donors (Lipinski definition) is 0. The summed E-state index contributed by atoms with van der Waals surface area (Å²) in [5.74, 6) is -0.187. The first-order valence-electron chi connectivity index (χ1n) is 4.14. The monoisotopic (exact) mass is 307 g/mol. The quantitative estimate of drug-likeness (QED) is 0.635. The molecule has 0 aromatic carbocycles. The van der Waals surface area contributed by atoms with Crippen molar-refractivity contribution in [1.82, 2.24) is 9.97 Å². The van der Waals surface area contributed by atoms with E-state index in [0.29, 0.717) is 19.3 Å². The number of nitrogens with zero attached hydrogens (tertiary/aromatic N) is 3. The highest BCUT2D eigenvalue weighted by Gasteiger charge is 2.20. The van der Waals surface area contributed by atoms with Crippen LogP contribution < -0.4 is 0 Å². The fourth-order valence-corrected chi connectivity index (χ4v) is 3.18. The summed E-state index contributed by atoms with van der Waals surface area (Å²) in [6.07, 6.45) is 1.43. The molecule has 0 atom stereocenters. The highest BCUT2D eigenvalue weighted by Crippen LogP contribution is 2.39. The Morgan fingerprint density at radius 1 is 1.41 bits per heavy atom. The standard InChI is InChI=1S/C8H3Cl2N3O2S2/c9-4-1-5(10)7(11-2-4)17-8-6(13(14)15)12-3-16-8/h1-3H. The predicted molar refractivity (Wildman–Crippen MR) is 67.1 cm³/mol. The van der Waals surface area contributed by atoms with Crippen molar-refractivity contribution in [3.63, 3.8) is 0 Å². The van der Waals surface area contributed by atoms with Crippen LogP contribution in [0, 0.1) is 10.1 Å². The summed E-state index contributed by atoms with van der Waals surface area (Å²) in [6.45, 7) is 0. The van der Waals surface area contributed by atoms with Crippen LogP contribution in [0.2, 0.25) is 10.0 Å². The Hall–Kier alpha value is -0.890. The summed E-state index contributed by atoms with van der Waals surface area (Å²) in [6, 6.07) is 1.53. The van der Waals surface area contributed by atoms with E-state index in [1.807, 2.05) is 0 Å². The van der Waals surface area contributed by atoms with Gasteiger partial charge in [-0.05, 0) is 27.7 Å². The van der Waals surface area contributed by atoms with E-state index >= 15 is 0 Å². The van der Waals surface area contributed by atoms with Crippen molar-refractivity contribution < 1.29 is 4.92 Å². The van der Waals surface area contributed by atoms with E-state index in [0.717, 1.165) is 23.1 Å². The van der Waals surface area contributed by atoms with Crippen LogP contribution in [0.5, 0.6) is 0 Å². The van der Waals surface area contributed by atoms with Gasteiger partial charge in [0, 0.05) is 6.20 Å². The Morgan fingerprint density at radius 2 is 2.18 bits per heavy atom. The second-order valence-corrected chi connectivity index (χ2v) is 5.72. The molecule has 5 nitrogen and oxygen atoms in total. The first-order chi connectivity index (χ1) is 8.08. The number of hydrogen-bond acceptors (Lipinski definition) is 6. The molecule has 0 saturated carbocycles. The molecule has 9 heteroatoms. The molecule has 0 amide bonds. The molecule has 88 valence electrons. The Balaban J connectivity index is 2.31. The fourth-order valence-electron chi connectivity index (χ4n) is 0.986. The molecule has 17 heavy (non-hydrogen) atoms. The van der Waals surface area contributed by atoms with Gasteiger partial charge in [0.25, 0.3) is 0 Å². The maximum absolute atomic E-state index is 10.7. The van der Waals surface area contributed by atoms with Crippen molar-refractivity contribution in [2.75, 3.05) is 0 Å². The van der Waals surface area contributed by atoms with E-state index in [1.54, 1.807) is 0 Å². The highest BCUT2D eigenvalue weighted by molar-refractivity contribution is 8.01. The van der Waals surface area contributed by atoms with E-state index in [1.165, 1.54) is 17.8 Å². The summed E-state index contributed by atoms with van der Waals surface area (Å²) < 4.78 is 0.437. The lowest BCUT2D eigenvalue weighted by Gasteiger charge is -2.00. The maximum atomic E-state index is 10.7. The topological polar surface area (TPSA) is 68.9 Å². The third kappa shape index (κ3) is 2.86. The maximum Gasteiger partial charge on any atom is 0.388 e. The Labute approximate surface area is 114 Å². The molecule has 0 spiro atoms. The minimum atomic E-state index is -0.539. The van der Waals surface area contributed by atoms with Crippen LogP contribution in [0.15, 0.2) is 27.0 Å². The Kier molecular flexibility index (Phi) is 3.82. The number of rotatable bonds is 3. The summed E-state index contributed by atoms with van der Waals surface area (Å²) in [5, 5.41) is 11.9. The van der Waals surface area contributed by atoms with Crippen molar-refractivity contribution in [3.05, 3.63) is 37.9 Å². The smallest absolute Gasteiger partial charge is 0.358 e. The van der Waals surface area contributed by atoms with Gasteiger partial charge in [-0.15, -0.1) is 0 Å². The van der Waals surface area contributed by atoms with Crippen LogP contribution in [-0.4, -0.2) is 14.9 Å². The number of thiazole rings is 1. The number of nitro groups is 1. The molecule has 0 bridgehead atoms. The van der Waals surface area contributed by atoms with Gasteiger partial charge in [-0.3, -0.25) is 0 Å². The van der Waals surface area contributed by atoms with Crippen molar-refractivity contribution in [3.8, 4) is 0 Å². The molecule has 2 heterocycles.